The lowest BCUT2D eigenvalue weighted by molar-refractivity contribution is -0.157. The number of benzene rings is 1. The minimum absolute atomic E-state index is 0.0351. The van der Waals surface area contributed by atoms with Crippen molar-refractivity contribution >= 4 is 27.5 Å². The van der Waals surface area contributed by atoms with E-state index in [-0.39, 0.29) is 47.8 Å². The Bertz CT molecular complexity index is 1220. The van der Waals surface area contributed by atoms with Gasteiger partial charge in [0.1, 0.15) is 21.6 Å². The first kappa shape index (κ1) is 20.8. The molecule has 1 amide bonds. The van der Waals surface area contributed by atoms with E-state index in [2.05, 4.69) is 5.16 Å². The van der Waals surface area contributed by atoms with E-state index < -0.39 is 43.6 Å². The van der Waals surface area contributed by atoms with Gasteiger partial charge in [-0.2, -0.15) is 0 Å². The van der Waals surface area contributed by atoms with Gasteiger partial charge in [-0.15, -0.1) is 0 Å². The van der Waals surface area contributed by atoms with Crippen LogP contribution in [-0.2, 0) is 30.6 Å². The van der Waals surface area contributed by atoms with Crippen LogP contribution in [0.4, 0.5) is 0 Å². The van der Waals surface area contributed by atoms with Crippen LogP contribution in [0, 0.1) is 0 Å². The first-order valence-corrected chi connectivity index (χ1v) is 10.8. The van der Waals surface area contributed by atoms with Crippen molar-refractivity contribution in [3.63, 3.8) is 0 Å². The van der Waals surface area contributed by atoms with Crippen LogP contribution in [0.15, 0.2) is 28.8 Å². The van der Waals surface area contributed by atoms with Crippen LogP contribution in [-0.4, -0.2) is 62.9 Å². The zero-order valence-electron chi connectivity index (χ0n) is 16.2. The van der Waals surface area contributed by atoms with Crippen LogP contribution >= 0.6 is 0 Å². The molecule has 2 aromatic rings. The summed E-state index contributed by atoms with van der Waals surface area (Å²) < 4.78 is 29.2. The Kier molecular flexibility index (Phi) is 4.58. The van der Waals surface area contributed by atoms with E-state index in [4.69, 9.17) is 4.52 Å². The fourth-order valence-corrected chi connectivity index (χ4v) is 6.44. The summed E-state index contributed by atoms with van der Waals surface area (Å²) in [4.78, 5) is 36.9. The molecule has 11 nitrogen and oxygen atoms in total. The van der Waals surface area contributed by atoms with Crippen molar-refractivity contribution in [2.75, 3.05) is 0 Å². The standard InChI is InChI=1S/C19H18N2O9S/c1-19(17(18(26)27)21-15(25)8-16(21)31(19,28)29)14-7-10(30-20-14)3-5-11(22)9-2-4-12(23)13(24)6-9/h2,4,6-7,16-17,23-24H,3,5,8H2,1H3,(H,26,27)/t16-,17+,19+/m1/s1. The molecule has 0 unspecified atom stereocenters. The van der Waals surface area contributed by atoms with Crippen molar-refractivity contribution in [1.29, 1.82) is 0 Å². The molecule has 0 aliphatic carbocycles. The Labute approximate surface area is 175 Å². The number of sulfone groups is 1. The number of amides is 1. The van der Waals surface area contributed by atoms with Crippen LogP contribution in [0.1, 0.15) is 41.6 Å². The number of β-lactam (4-membered cyclic amide) rings is 1. The molecule has 2 fully saturated rings. The second-order valence-corrected chi connectivity index (χ2v) is 10.1. The number of aromatic hydroxyl groups is 2. The summed E-state index contributed by atoms with van der Waals surface area (Å²) in [5.41, 5.74) is 0.0148. The zero-order valence-corrected chi connectivity index (χ0v) is 17.0. The van der Waals surface area contributed by atoms with Crippen LogP contribution < -0.4 is 0 Å². The summed E-state index contributed by atoms with van der Waals surface area (Å²) in [6.45, 7) is 1.21. The van der Waals surface area contributed by atoms with E-state index in [0.717, 1.165) is 11.0 Å². The maximum Gasteiger partial charge on any atom is 0.328 e. The molecule has 2 aliphatic heterocycles. The molecule has 0 spiro atoms. The highest BCUT2D eigenvalue weighted by Gasteiger charge is 2.71. The Morgan fingerprint density at radius 2 is 1.97 bits per heavy atom. The number of hydrogen-bond donors (Lipinski definition) is 3. The number of phenolic OH excluding ortho intramolecular Hbond substituents is 2. The number of carboxylic acids is 1. The highest BCUT2D eigenvalue weighted by molar-refractivity contribution is 7.93. The number of rotatable bonds is 6. The fourth-order valence-electron chi connectivity index (χ4n) is 4.06. The summed E-state index contributed by atoms with van der Waals surface area (Å²) in [5.74, 6) is -3.03. The molecule has 164 valence electrons. The minimum Gasteiger partial charge on any atom is -0.504 e. The van der Waals surface area contributed by atoms with Gasteiger partial charge in [-0.05, 0) is 25.1 Å². The van der Waals surface area contributed by atoms with E-state index >= 15 is 0 Å². The molecule has 1 aromatic carbocycles. The fraction of sp³-hybridized carbons (Fsp3) is 0.368. The Balaban J connectivity index is 1.57. The SMILES string of the molecule is C[C@]1(c2cc(CCC(=O)c3ccc(O)c(O)c3)on2)[C@H](C(=O)O)N2C(=O)C[C@H]2S1(=O)=O. The number of ketones is 1. The van der Waals surface area contributed by atoms with Crippen LogP contribution in [0.5, 0.6) is 11.5 Å². The van der Waals surface area contributed by atoms with Gasteiger partial charge in [0, 0.05) is 24.5 Å². The Hall–Kier alpha value is -3.41. The highest BCUT2D eigenvalue weighted by atomic mass is 32.2. The minimum atomic E-state index is -4.09. The van der Waals surface area contributed by atoms with Gasteiger partial charge in [0.05, 0.1) is 6.42 Å². The monoisotopic (exact) mass is 450 g/mol. The van der Waals surface area contributed by atoms with Crippen LogP contribution in [0.3, 0.4) is 0 Å². The number of phenols is 2. The van der Waals surface area contributed by atoms with Crippen molar-refractivity contribution in [1.82, 2.24) is 10.1 Å². The first-order valence-electron chi connectivity index (χ1n) is 9.27. The largest absolute Gasteiger partial charge is 0.504 e. The number of Topliss-reactive ketones (excluding diaryl/α,β-unsaturated/α-hetero) is 1. The third kappa shape index (κ3) is 2.89. The van der Waals surface area contributed by atoms with Gasteiger partial charge >= 0.3 is 5.97 Å². The number of aryl methyl sites for hydroxylation is 1. The summed E-state index contributed by atoms with van der Waals surface area (Å²) in [6.07, 6.45) is -0.314. The zero-order chi connectivity index (χ0) is 22.7. The number of fused-ring (bicyclic) bond motifs is 1. The Morgan fingerprint density at radius 3 is 2.58 bits per heavy atom. The van der Waals surface area contributed by atoms with E-state index in [1.165, 1.54) is 25.1 Å². The van der Waals surface area contributed by atoms with Crippen molar-refractivity contribution in [3.8, 4) is 11.5 Å². The molecular formula is C19H18N2O9S. The lowest BCUT2D eigenvalue weighted by Gasteiger charge is -2.35. The molecule has 3 heterocycles. The van der Waals surface area contributed by atoms with Crippen molar-refractivity contribution in [2.45, 2.75) is 42.3 Å². The summed E-state index contributed by atoms with van der Waals surface area (Å²) in [5, 5.41) is 31.0. The lowest BCUT2D eigenvalue weighted by atomic mass is 9.93. The topological polar surface area (TPSA) is 175 Å². The van der Waals surface area contributed by atoms with E-state index in [1.807, 2.05) is 0 Å². The van der Waals surface area contributed by atoms with Gasteiger partial charge in [0.25, 0.3) is 0 Å². The molecule has 4 rings (SSSR count). The first-order chi connectivity index (χ1) is 14.5. The second kappa shape index (κ2) is 6.80. The molecule has 3 N–H and O–H groups in total. The summed E-state index contributed by atoms with van der Waals surface area (Å²) in [7, 11) is -4.09. The quantitative estimate of drug-likeness (QED) is 0.320. The number of nitrogens with zero attached hydrogens (tertiary/aromatic N) is 2. The maximum absolute atomic E-state index is 13.0. The molecule has 12 heteroatoms. The second-order valence-electron chi connectivity index (χ2n) is 7.66. The Morgan fingerprint density at radius 1 is 1.26 bits per heavy atom. The van der Waals surface area contributed by atoms with Crippen molar-refractivity contribution in [3.05, 3.63) is 41.3 Å². The number of carbonyl (C=O) groups excluding carboxylic acids is 2. The summed E-state index contributed by atoms with van der Waals surface area (Å²) >= 11 is 0. The third-order valence-electron chi connectivity index (χ3n) is 5.89. The summed E-state index contributed by atoms with van der Waals surface area (Å²) in [6, 6.07) is 3.29. The smallest absolute Gasteiger partial charge is 0.328 e. The predicted molar refractivity (Wildman–Crippen MR) is 102 cm³/mol. The van der Waals surface area contributed by atoms with E-state index in [9.17, 15) is 38.1 Å². The molecule has 2 saturated heterocycles. The van der Waals surface area contributed by atoms with Gasteiger partial charge in [0.15, 0.2) is 33.2 Å². The van der Waals surface area contributed by atoms with Gasteiger partial charge in [-0.3, -0.25) is 9.59 Å². The number of aromatic nitrogens is 1. The molecule has 31 heavy (non-hydrogen) atoms. The average Bonchev–Trinajstić information content (AvgIpc) is 3.23. The van der Waals surface area contributed by atoms with Crippen molar-refractivity contribution in [2.24, 2.45) is 0 Å². The molecule has 0 bridgehead atoms. The van der Waals surface area contributed by atoms with E-state index in [0.29, 0.717) is 0 Å². The molecule has 3 atom stereocenters. The third-order valence-corrected chi connectivity index (χ3v) is 8.62. The van der Waals surface area contributed by atoms with Crippen molar-refractivity contribution < 1.29 is 42.6 Å². The molecule has 0 saturated carbocycles. The molecule has 0 radical (unpaired) electrons. The van der Waals surface area contributed by atoms with Gasteiger partial charge in [-0.25, -0.2) is 13.2 Å². The lowest BCUT2D eigenvalue weighted by Crippen LogP contribution is -2.57. The van der Waals surface area contributed by atoms with E-state index in [1.54, 1.807) is 0 Å². The maximum atomic E-state index is 13.0. The number of aliphatic carboxylic acids is 1. The number of carbonyl (C=O) groups is 3. The highest BCUT2D eigenvalue weighted by Crippen LogP contribution is 2.51. The van der Waals surface area contributed by atoms with Gasteiger partial charge < -0.3 is 24.7 Å². The number of hydrogen-bond acceptors (Lipinski definition) is 9. The molecule has 2 aliphatic rings. The number of carboxylic acid groups (broad SMARTS) is 1. The molecular weight excluding hydrogens is 432 g/mol. The van der Waals surface area contributed by atoms with Crippen LogP contribution in [0.25, 0.3) is 0 Å². The molecule has 1 aromatic heterocycles. The average molecular weight is 450 g/mol. The van der Waals surface area contributed by atoms with Gasteiger partial charge in [-0.1, -0.05) is 5.16 Å². The van der Waals surface area contributed by atoms with Gasteiger partial charge in [0.2, 0.25) is 5.91 Å². The normalized spacial score (nSPS) is 26.4. The van der Waals surface area contributed by atoms with Crippen LogP contribution in [0.2, 0.25) is 0 Å². The predicted octanol–water partition coefficient (Wildman–Crippen LogP) is 0.556.